The standard InChI is InChI=1S/C51H66BN3S/c1-46(2,3)31-22-23-39-38(30-31)52-42-40(54(39)36-26-32(47(4,5)6)24-33(27-36)48(7,8)9)20-19-21-41(42)55(44-43(52)53-45(56-44)51(16,17)18)37-28-34(49(10,11)12)25-35(29-37)50(13,14)15/h19-30H,1-18H3. The van der Waals surface area contributed by atoms with Crippen LogP contribution in [0.15, 0.2) is 72.8 Å². The third kappa shape index (κ3) is 7.05. The molecule has 5 heteroatoms. The highest BCUT2D eigenvalue weighted by Crippen LogP contribution is 2.49. The van der Waals surface area contributed by atoms with Crippen LogP contribution in [0.4, 0.5) is 33.4 Å². The van der Waals surface area contributed by atoms with Gasteiger partial charge in [0.1, 0.15) is 5.00 Å². The number of nitrogens with zero attached hydrogens (tertiary/aromatic N) is 3. The van der Waals surface area contributed by atoms with Crippen LogP contribution >= 0.6 is 11.3 Å². The van der Waals surface area contributed by atoms with E-state index >= 15 is 0 Å². The lowest BCUT2D eigenvalue weighted by atomic mass is 9.35. The predicted molar refractivity (Wildman–Crippen MR) is 248 cm³/mol. The second-order valence-corrected chi connectivity index (χ2v) is 23.8. The Hall–Kier alpha value is -3.83. The molecule has 2 aliphatic heterocycles. The van der Waals surface area contributed by atoms with Gasteiger partial charge in [-0.2, -0.15) is 0 Å². The van der Waals surface area contributed by atoms with Crippen LogP contribution in [0, 0.1) is 0 Å². The molecule has 0 fully saturated rings. The Morgan fingerprint density at radius 2 is 0.875 bits per heavy atom. The van der Waals surface area contributed by atoms with Gasteiger partial charge in [-0.25, -0.2) is 0 Å². The zero-order valence-electron chi connectivity index (χ0n) is 37.8. The van der Waals surface area contributed by atoms with Crippen molar-refractivity contribution < 1.29 is 0 Å². The molecule has 0 spiro atoms. The summed E-state index contributed by atoms with van der Waals surface area (Å²) >= 11 is 1.88. The predicted octanol–water partition coefficient (Wildman–Crippen LogP) is 13.0. The van der Waals surface area contributed by atoms with Gasteiger partial charge in [0.05, 0.1) is 10.6 Å². The maximum Gasteiger partial charge on any atom is 0.276 e. The maximum absolute atomic E-state index is 5.71. The first-order valence-electron chi connectivity index (χ1n) is 20.8. The van der Waals surface area contributed by atoms with Gasteiger partial charge in [0.25, 0.3) is 6.71 Å². The number of aromatic nitrogens is 1. The summed E-state index contributed by atoms with van der Waals surface area (Å²) in [5, 5.41) is 2.41. The first kappa shape index (κ1) is 40.4. The molecule has 3 nitrogen and oxygen atoms in total. The summed E-state index contributed by atoms with van der Waals surface area (Å²) in [6, 6.07) is 29.0. The summed E-state index contributed by atoms with van der Waals surface area (Å²) in [6.07, 6.45) is 0. The van der Waals surface area contributed by atoms with Crippen LogP contribution in [0.5, 0.6) is 0 Å². The summed E-state index contributed by atoms with van der Waals surface area (Å²) in [7, 11) is 0. The van der Waals surface area contributed by atoms with Crippen molar-refractivity contribution in [2.75, 3.05) is 9.80 Å². The van der Waals surface area contributed by atoms with Gasteiger partial charge in [-0.05, 0) is 108 Å². The van der Waals surface area contributed by atoms with E-state index in [4.69, 9.17) is 4.98 Å². The molecule has 0 bridgehead atoms. The third-order valence-corrected chi connectivity index (χ3v) is 13.3. The molecule has 0 saturated heterocycles. The zero-order chi connectivity index (χ0) is 41.3. The molecule has 0 aliphatic carbocycles. The Labute approximate surface area is 344 Å². The molecule has 0 unspecified atom stereocenters. The minimum atomic E-state index is -0.0972. The molecular weight excluding hydrogens is 697 g/mol. The SMILES string of the molecule is CC(C)(C)c1cc(N2c3ccc(C(C)(C)C)cc3B3c4nc(C(C)(C)C)sc4N(c4cc(C(C)(C)C)cc(C(C)(C)C)c4)c4cccc2c43)cc(C(C)(C)C)c1. The van der Waals surface area contributed by atoms with Crippen molar-refractivity contribution in [2.24, 2.45) is 0 Å². The largest absolute Gasteiger partial charge is 0.311 e. The minimum absolute atomic E-state index is 0.00544. The van der Waals surface area contributed by atoms with Gasteiger partial charge < -0.3 is 9.80 Å². The van der Waals surface area contributed by atoms with E-state index in [0.717, 1.165) is 0 Å². The number of hydrogen-bond donors (Lipinski definition) is 0. The van der Waals surface area contributed by atoms with Crippen molar-refractivity contribution in [2.45, 2.75) is 157 Å². The number of thiazole rings is 1. The first-order chi connectivity index (χ1) is 25.5. The molecule has 4 aromatic carbocycles. The quantitative estimate of drug-likeness (QED) is 0.164. The highest BCUT2D eigenvalue weighted by molar-refractivity contribution is 7.19. The normalized spacial score (nSPS) is 14.9. The van der Waals surface area contributed by atoms with Gasteiger partial charge in [-0.15, -0.1) is 11.3 Å². The van der Waals surface area contributed by atoms with Gasteiger partial charge in [0.2, 0.25) is 0 Å². The molecule has 2 aliphatic rings. The molecule has 56 heavy (non-hydrogen) atoms. The summed E-state index contributed by atoms with van der Waals surface area (Å²) in [4.78, 5) is 10.9. The molecule has 0 amide bonds. The fourth-order valence-corrected chi connectivity index (χ4v) is 9.30. The number of hydrogen-bond acceptors (Lipinski definition) is 4. The van der Waals surface area contributed by atoms with E-state index < -0.39 is 0 Å². The Morgan fingerprint density at radius 3 is 1.30 bits per heavy atom. The maximum atomic E-state index is 5.71. The third-order valence-electron chi connectivity index (χ3n) is 11.8. The van der Waals surface area contributed by atoms with Gasteiger partial charge in [-0.3, -0.25) is 4.98 Å². The van der Waals surface area contributed by atoms with Crippen LogP contribution in [0.2, 0.25) is 0 Å². The molecule has 0 N–H and O–H groups in total. The number of benzene rings is 4. The lowest BCUT2D eigenvalue weighted by Crippen LogP contribution is -2.61. The Morgan fingerprint density at radius 1 is 0.446 bits per heavy atom. The fraction of sp³-hybridized carbons (Fsp3) is 0.471. The van der Waals surface area contributed by atoms with Crippen molar-refractivity contribution in [3.05, 3.63) is 106 Å². The zero-order valence-corrected chi connectivity index (χ0v) is 38.6. The van der Waals surface area contributed by atoms with Crippen molar-refractivity contribution in [1.82, 2.24) is 4.98 Å². The van der Waals surface area contributed by atoms with Gasteiger partial charge in [0, 0.05) is 33.9 Å². The average molecular weight is 764 g/mol. The minimum Gasteiger partial charge on any atom is -0.311 e. The van der Waals surface area contributed by atoms with E-state index in [1.807, 2.05) is 11.3 Å². The van der Waals surface area contributed by atoms with Gasteiger partial charge in [-0.1, -0.05) is 155 Å². The molecule has 5 aromatic rings. The summed E-state index contributed by atoms with van der Waals surface area (Å²) in [5.74, 6) is 0. The monoisotopic (exact) mass is 764 g/mol. The number of anilines is 6. The van der Waals surface area contributed by atoms with E-state index in [9.17, 15) is 0 Å². The van der Waals surface area contributed by atoms with Crippen molar-refractivity contribution in [3.8, 4) is 0 Å². The Bertz CT molecular complexity index is 2270. The second kappa shape index (κ2) is 12.8. The number of rotatable bonds is 2. The van der Waals surface area contributed by atoms with Crippen LogP contribution in [-0.4, -0.2) is 11.7 Å². The second-order valence-electron chi connectivity index (χ2n) is 22.8. The smallest absolute Gasteiger partial charge is 0.276 e. The fourth-order valence-electron chi connectivity index (χ4n) is 8.10. The molecule has 3 heterocycles. The molecular formula is C51H66BN3S. The Balaban J connectivity index is 1.62. The van der Waals surface area contributed by atoms with E-state index in [2.05, 4.69) is 207 Å². The molecule has 294 valence electrons. The molecule has 0 atom stereocenters. The molecule has 1 aromatic heterocycles. The highest BCUT2D eigenvalue weighted by atomic mass is 32.1. The van der Waals surface area contributed by atoms with Crippen LogP contribution in [-0.2, 0) is 32.5 Å². The van der Waals surface area contributed by atoms with Crippen molar-refractivity contribution >= 4 is 68.0 Å². The number of fused-ring (bicyclic) bond motifs is 4. The van der Waals surface area contributed by atoms with Gasteiger partial charge in [0.15, 0.2) is 0 Å². The van der Waals surface area contributed by atoms with E-state index in [1.165, 1.54) is 82.8 Å². The van der Waals surface area contributed by atoms with Gasteiger partial charge >= 0.3 is 0 Å². The Kier molecular flexibility index (Phi) is 9.26. The average Bonchev–Trinajstić information content (AvgIpc) is 3.51. The first-order valence-corrected chi connectivity index (χ1v) is 21.6. The molecule has 0 saturated carbocycles. The molecule has 0 radical (unpaired) electrons. The van der Waals surface area contributed by atoms with Crippen molar-refractivity contribution in [3.63, 3.8) is 0 Å². The van der Waals surface area contributed by atoms with Crippen LogP contribution in [0.1, 0.15) is 157 Å². The van der Waals surface area contributed by atoms with Crippen molar-refractivity contribution in [1.29, 1.82) is 0 Å². The van der Waals surface area contributed by atoms with Crippen LogP contribution < -0.4 is 26.3 Å². The lowest BCUT2D eigenvalue weighted by Gasteiger charge is -2.43. The highest BCUT2D eigenvalue weighted by Gasteiger charge is 2.47. The topological polar surface area (TPSA) is 19.4 Å². The summed E-state index contributed by atoms with van der Waals surface area (Å²) in [6.45, 7) is 42.0. The summed E-state index contributed by atoms with van der Waals surface area (Å²) in [5.41, 5.74) is 16.6. The van der Waals surface area contributed by atoms with Crippen LogP contribution in [0.25, 0.3) is 0 Å². The summed E-state index contributed by atoms with van der Waals surface area (Å²) < 4.78 is 0. The van der Waals surface area contributed by atoms with E-state index in [0.29, 0.717) is 0 Å². The van der Waals surface area contributed by atoms with Crippen LogP contribution in [0.3, 0.4) is 0 Å². The molecule has 7 rings (SSSR count). The van der Waals surface area contributed by atoms with E-state index in [-0.39, 0.29) is 39.2 Å². The van der Waals surface area contributed by atoms with E-state index in [1.54, 1.807) is 0 Å². The lowest BCUT2D eigenvalue weighted by molar-refractivity contribution is 0.568.